The molecule has 0 amide bonds. The Bertz CT molecular complexity index is 905. The highest BCUT2D eigenvalue weighted by Crippen LogP contribution is 2.41. The number of anilines is 1. The summed E-state index contributed by atoms with van der Waals surface area (Å²) < 4.78 is 48.4. The van der Waals surface area contributed by atoms with Crippen molar-refractivity contribution in [2.45, 2.75) is 45.9 Å². The monoisotopic (exact) mass is 429 g/mol. The van der Waals surface area contributed by atoms with Crippen molar-refractivity contribution in [3.8, 4) is 5.75 Å². The van der Waals surface area contributed by atoms with Crippen LogP contribution < -0.4 is 10.1 Å². The Labute approximate surface area is 170 Å². The van der Waals surface area contributed by atoms with Crippen molar-refractivity contribution in [1.82, 2.24) is 0 Å². The summed E-state index contributed by atoms with van der Waals surface area (Å²) >= 11 is 0. The first-order valence-electron chi connectivity index (χ1n) is 9.08. The number of ketones is 1. The highest BCUT2D eigenvalue weighted by atomic mass is 19.4. The molecule has 0 fully saturated rings. The van der Waals surface area contributed by atoms with Crippen molar-refractivity contribution >= 4 is 23.4 Å². The molecule has 0 unspecified atom stereocenters. The number of esters is 1. The number of aliphatic carboxylic acids is 1. The number of carboxylic acids is 1. The fourth-order valence-electron chi connectivity index (χ4n) is 3.20. The van der Waals surface area contributed by atoms with Crippen molar-refractivity contribution in [2.24, 2.45) is 0 Å². The standard InChI is InChI=1S/C20H22F3NO6/c1-10(5-7-15(26)27)4-6-12-17(24-8-14(25)20(21,22)23)16-13(9-30-19(16)28)11(2)18(12)29-3/h4,24H,5-9H2,1-3H3,(H,26,27). The van der Waals surface area contributed by atoms with Crippen molar-refractivity contribution in [3.63, 3.8) is 0 Å². The van der Waals surface area contributed by atoms with Crippen LogP contribution in [0.4, 0.5) is 18.9 Å². The molecule has 7 nitrogen and oxygen atoms in total. The van der Waals surface area contributed by atoms with Gasteiger partial charge in [0.25, 0.3) is 5.78 Å². The van der Waals surface area contributed by atoms with Gasteiger partial charge in [0.05, 0.1) is 24.9 Å². The summed E-state index contributed by atoms with van der Waals surface area (Å²) in [6, 6.07) is 0. The zero-order valence-electron chi connectivity index (χ0n) is 16.7. The topological polar surface area (TPSA) is 102 Å². The number of hydrogen-bond donors (Lipinski definition) is 2. The van der Waals surface area contributed by atoms with Gasteiger partial charge in [0.2, 0.25) is 0 Å². The molecule has 0 aliphatic carbocycles. The van der Waals surface area contributed by atoms with E-state index < -0.39 is 30.4 Å². The third-order valence-corrected chi connectivity index (χ3v) is 4.81. The maximum Gasteiger partial charge on any atom is 0.451 e. The molecule has 1 aromatic carbocycles. The molecule has 0 aromatic heterocycles. The number of methoxy groups -OCH3 is 1. The Balaban J connectivity index is 2.49. The number of nitrogens with one attached hydrogen (secondary N) is 1. The summed E-state index contributed by atoms with van der Waals surface area (Å²) in [5.41, 5.74) is 2.35. The van der Waals surface area contributed by atoms with E-state index in [4.69, 9.17) is 14.6 Å². The average Bonchev–Trinajstić information content (AvgIpc) is 3.05. The molecular formula is C20H22F3NO6. The van der Waals surface area contributed by atoms with Crippen molar-refractivity contribution in [3.05, 3.63) is 33.9 Å². The fourth-order valence-corrected chi connectivity index (χ4v) is 3.20. The van der Waals surface area contributed by atoms with Gasteiger partial charge in [-0.15, -0.1) is 0 Å². The lowest BCUT2D eigenvalue weighted by atomic mass is 9.93. The van der Waals surface area contributed by atoms with Crippen LogP contribution in [0.2, 0.25) is 0 Å². The van der Waals surface area contributed by atoms with Crippen LogP contribution in [0.25, 0.3) is 0 Å². The van der Waals surface area contributed by atoms with E-state index in [0.717, 1.165) is 5.57 Å². The highest BCUT2D eigenvalue weighted by molar-refractivity contribution is 6.02. The number of benzene rings is 1. The van der Waals surface area contributed by atoms with Crippen LogP contribution in [0.5, 0.6) is 5.75 Å². The van der Waals surface area contributed by atoms with Gasteiger partial charge in [-0.2, -0.15) is 13.2 Å². The third-order valence-electron chi connectivity index (χ3n) is 4.81. The largest absolute Gasteiger partial charge is 0.496 e. The summed E-state index contributed by atoms with van der Waals surface area (Å²) in [6.45, 7) is 2.33. The number of cyclic esters (lactones) is 1. The zero-order chi connectivity index (χ0) is 22.6. The smallest absolute Gasteiger partial charge is 0.451 e. The van der Waals surface area contributed by atoms with Gasteiger partial charge in [0.1, 0.15) is 12.4 Å². The molecule has 1 aromatic rings. The van der Waals surface area contributed by atoms with Crippen molar-refractivity contribution in [1.29, 1.82) is 0 Å². The molecule has 2 rings (SSSR count). The van der Waals surface area contributed by atoms with E-state index in [9.17, 15) is 27.6 Å². The van der Waals surface area contributed by atoms with Gasteiger partial charge in [-0.05, 0) is 32.3 Å². The number of allylic oxidation sites excluding steroid dienone is 2. The zero-order valence-corrected chi connectivity index (χ0v) is 16.7. The minimum Gasteiger partial charge on any atom is -0.496 e. The van der Waals surface area contributed by atoms with Crippen LogP contribution in [0, 0.1) is 6.92 Å². The molecule has 0 saturated carbocycles. The number of ether oxygens (including phenoxy) is 2. The Kier molecular flexibility index (Phi) is 7.12. The van der Waals surface area contributed by atoms with Gasteiger partial charge in [-0.25, -0.2) is 4.79 Å². The maximum absolute atomic E-state index is 12.7. The molecule has 164 valence electrons. The minimum absolute atomic E-state index is 0.0496. The molecule has 0 atom stereocenters. The second kappa shape index (κ2) is 9.19. The predicted octanol–water partition coefficient (Wildman–Crippen LogP) is 3.57. The number of carbonyl (C=O) groups is 3. The number of carboxylic acid groups (broad SMARTS) is 1. The minimum atomic E-state index is -5.01. The molecule has 0 saturated heterocycles. The SMILES string of the molecule is COc1c(C)c2c(c(NCC(=O)C(F)(F)F)c1CC=C(C)CCC(=O)O)C(=O)OC2. The number of alkyl halides is 3. The number of rotatable bonds is 9. The van der Waals surface area contributed by atoms with Crippen LogP contribution in [0.15, 0.2) is 11.6 Å². The first kappa shape index (κ1) is 23.2. The quantitative estimate of drug-likeness (QED) is 0.457. The normalized spacial score (nSPS) is 13.7. The predicted molar refractivity (Wildman–Crippen MR) is 101 cm³/mol. The van der Waals surface area contributed by atoms with Crippen LogP contribution in [0.3, 0.4) is 0 Å². The van der Waals surface area contributed by atoms with Crippen LogP contribution >= 0.6 is 0 Å². The maximum atomic E-state index is 12.7. The third kappa shape index (κ3) is 5.11. The molecular weight excluding hydrogens is 407 g/mol. The molecule has 10 heteroatoms. The van der Waals surface area contributed by atoms with Crippen molar-refractivity contribution in [2.75, 3.05) is 19.0 Å². The van der Waals surface area contributed by atoms with Crippen LogP contribution in [-0.2, 0) is 27.4 Å². The second-order valence-corrected chi connectivity index (χ2v) is 6.86. The number of Topliss-reactive ketones (excluding diaryl/α,β-unsaturated/α-hetero) is 1. The van der Waals surface area contributed by atoms with Gasteiger partial charge < -0.3 is 19.9 Å². The molecule has 1 aliphatic rings. The first-order chi connectivity index (χ1) is 14.0. The summed E-state index contributed by atoms with van der Waals surface area (Å²) in [6.07, 6.45) is -2.93. The van der Waals surface area contributed by atoms with E-state index in [1.165, 1.54) is 7.11 Å². The average molecular weight is 429 g/mol. The van der Waals surface area contributed by atoms with Gasteiger partial charge in [-0.1, -0.05) is 11.6 Å². The van der Waals surface area contributed by atoms with E-state index in [-0.39, 0.29) is 30.7 Å². The van der Waals surface area contributed by atoms with Gasteiger partial charge in [0, 0.05) is 17.5 Å². The van der Waals surface area contributed by atoms with Gasteiger partial charge in [0.15, 0.2) is 0 Å². The van der Waals surface area contributed by atoms with E-state index >= 15 is 0 Å². The van der Waals surface area contributed by atoms with E-state index in [1.807, 2.05) is 0 Å². The highest BCUT2D eigenvalue weighted by Gasteiger charge is 2.39. The van der Waals surface area contributed by atoms with E-state index in [0.29, 0.717) is 28.9 Å². The lowest BCUT2D eigenvalue weighted by Gasteiger charge is -2.20. The lowest BCUT2D eigenvalue weighted by molar-refractivity contribution is -0.168. The summed E-state index contributed by atoms with van der Waals surface area (Å²) in [5.74, 6) is -3.28. The molecule has 30 heavy (non-hydrogen) atoms. The van der Waals surface area contributed by atoms with Gasteiger partial charge in [-0.3, -0.25) is 9.59 Å². The lowest BCUT2D eigenvalue weighted by Crippen LogP contribution is -2.30. The fraction of sp³-hybridized carbons (Fsp3) is 0.450. The van der Waals surface area contributed by atoms with Crippen molar-refractivity contribution < 1.29 is 42.1 Å². The van der Waals surface area contributed by atoms with E-state index in [1.54, 1.807) is 19.9 Å². The Hall–Kier alpha value is -3.04. The molecule has 1 aliphatic heterocycles. The van der Waals surface area contributed by atoms with Crippen LogP contribution in [-0.4, -0.2) is 42.7 Å². The summed E-state index contributed by atoms with van der Waals surface area (Å²) in [7, 11) is 1.39. The number of carbonyl (C=O) groups excluding carboxylic acids is 2. The second-order valence-electron chi connectivity index (χ2n) is 6.86. The Morgan fingerprint density at radius 2 is 1.97 bits per heavy atom. The Morgan fingerprint density at radius 1 is 1.30 bits per heavy atom. The summed E-state index contributed by atoms with van der Waals surface area (Å²) in [4.78, 5) is 34.4. The molecule has 1 heterocycles. The Morgan fingerprint density at radius 3 is 2.53 bits per heavy atom. The number of halogens is 3. The van der Waals surface area contributed by atoms with E-state index in [2.05, 4.69) is 5.32 Å². The number of fused-ring (bicyclic) bond motifs is 1. The molecule has 0 spiro atoms. The van der Waals surface area contributed by atoms with Gasteiger partial charge >= 0.3 is 18.1 Å². The molecule has 0 radical (unpaired) electrons. The van der Waals surface area contributed by atoms with Crippen LogP contribution in [0.1, 0.15) is 46.8 Å². The molecule has 2 N–H and O–H groups in total. The molecule has 0 bridgehead atoms. The first-order valence-corrected chi connectivity index (χ1v) is 9.08. The summed E-state index contributed by atoms with van der Waals surface area (Å²) in [5, 5.41) is 11.3. The number of hydrogen-bond acceptors (Lipinski definition) is 6.